The number of β-amino-alcohol motifs (C(OH)–C–C–N with tert-alkyl or cyclic N) is 1. The van der Waals surface area contributed by atoms with Crippen LogP contribution in [0.25, 0.3) is 0 Å². The molecule has 3 atom stereocenters. The van der Waals surface area contributed by atoms with E-state index < -0.39 is 6.10 Å². The van der Waals surface area contributed by atoms with Gasteiger partial charge < -0.3 is 14.7 Å². The van der Waals surface area contributed by atoms with E-state index in [4.69, 9.17) is 16.3 Å². The Kier molecular flexibility index (Phi) is 6.61. The van der Waals surface area contributed by atoms with Crippen molar-refractivity contribution in [1.82, 2.24) is 9.80 Å². The van der Waals surface area contributed by atoms with Crippen LogP contribution in [0.1, 0.15) is 36.4 Å². The zero-order valence-corrected chi connectivity index (χ0v) is 18.1. The average molecular weight is 429 g/mol. The highest BCUT2D eigenvalue weighted by Gasteiger charge is 2.33. The lowest BCUT2D eigenvalue weighted by atomic mass is 10.0. The van der Waals surface area contributed by atoms with Gasteiger partial charge in [-0.3, -0.25) is 9.69 Å². The molecular weight excluding hydrogens is 400 g/mol. The van der Waals surface area contributed by atoms with Gasteiger partial charge in [0.25, 0.3) is 5.91 Å². The molecule has 0 aliphatic carbocycles. The first-order valence-corrected chi connectivity index (χ1v) is 11.1. The number of carbonyl (C=O) groups excluding carboxylic acids is 1. The Morgan fingerprint density at radius 3 is 2.80 bits per heavy atom. The molecule has 0 aromatic heterocycles. The molecule has 30 heavy (non-hydrogen) atoms. The minimum absolute atomic E-state index is 0.00796. The Balaban J connectivity index is 1.53. The van der Waals surface area contributed by atoms with Gasteiger partial charge in [0.05, 0.1) is 12.1 Å². The predicted octanol–water partition coefficient (Wildman–Crippen LogP) is 3.69. The van der Waals surface area contributed by atoms with Gasteiger partial charge in [-0.15, -0.1) is 0 Å². The molecule has 2 aliphatic rings. The van der Waals surface area contributed by atoms with Crippen molar-refractivity contribution >= 4 is 17.5 Å². The third kappa shape index (κ3) is 4.80. The second-order valence-corrected chi connectivity index (χ2v) is 8.76. The van der Waals surface area contributed by atoms with Gasteiger partial charge in [-0.25, -0.2) is 0 Å². The van der Waals surface area contributed by atoms with Crippen LogP contribution in [0, 0.1) is 0 Å². The Labute approximate surface area is 183 Å². The van der Waals surface area contributed by atoms with Crippen LogP contribution in [0.2, 0.25) is 5.02 Å². The third-order valence-electron chi connectivity index (χ3n) is 6.16. The number of halogens is 1. The number of carbonyl (C=O) groups is 1. The van der Waals surface area contributed by atoms with Gasteiger partial charge in [0.2, 0.25) is 0 Å². The van der Waals surface area contributed by atoms with E-state index in [-0.39, 0.29) is 18.1 Å². The molecule has 160 valence electrons. The zero-order valence-electron chi connectivity index (χ0n) is 17.3. The number of aliphatic hydroxyl groups excluding tert-OH is 1. The number of nitrogens with zero attached hydrogens (tertiary/aromatic N) is 2. The minimum atomic E-state index is -0.507. The summed E-state index contributed by atoms with van der Waals surface area (Å²) < 4.78 is 6.16. The number of hydrogen-bond donors (Lipinski definition) is 1. The number of benzene rings is 2. The summed E-state index contributed by atoms with van der Waals surface area (Å²) in [6.07, 6.45) is 2.41. The average Bonchev–Trinajstić information content (AvgIpc) is 3.05. The Bertz CT molecular complexity index is 876. The van der Waals surface area contributed by atoms with Gasteiger partial charge in [0.15, 0.2) is 6.10 Å². The number of aryl methyl sites for hydroxylation is 1. The Morgan fingerprint density at radius 1 is 1.27 bits per heavy atom. The van der Waals surface area contributed by atoms with Crippen molar-refractivity contribution in [2.45, 2.75) is 43.9 Å². The van der Waals surface area contributed by atoms with Gasteiger partial charge in [0, 0.05) is 31.7 Å². The first-order valence-electron chi connectivity index (χ1n) is 10.7. The Hall–Kier alpha value is -2.08. The number of likely N-dealkylation sites (N-methyl/N-ethyl adjacent to an activating group) is 1. The van der Waals surface area contributed by atoms with E-state index in [0.29, 0.717) is 24.5 Å². The molecule has 5 nitrogen and oxygen atoms in total. The summed E-state index contributed by atoms with van der Waals surface area (Å²) in [5.74, 6) is 0.744. The fraction of sp³-hybridized carbons (Fsp3) is 0.458. The molecule has 1 fully saturated rings. The third-order valence-corrected chi connectivity index (χ3v) is 6.39. The first kappa shape index (κ1) is 21.2. The number of rotatable bonds is 5. The first-order chi connectivity index (χ1) is 14.5. The van der Waals surface area contributed by atoms with Crippen LogP contribution >= 0.6 is 11.6 Å². The second kappa shape index (κ2) is 9.38. The van der Waals surface area contributed by atoms with Crippen LogP contribution in [0.5, 0.6) is 5.75 Å². The van der Waals surface area contributed by atoms with Crippen molar-refractivity contribution in [3.8, 4) is 5.75 Å². The topological polar surface area (TPSA) is 53.0 Å². The van der Waals surface area contributed by atoms with Crippen LogP contribution in [0.3, 0.4) is 0 Å². The molecule has 6 heteroatoms. The normalized spacial score (nSPS) is 22.6. The van der Waals surface area contributed by atoms with E-state index in [2.05, 4.69) is 17.0 Å². The minimum Gasteiger partial charge on any atom is -0.480 e. The standard InChI is InChI=1S/C24H29ClN2O3/c1-26(21(17-6-3-2-4-7-17)16-27-13-12-20(28)15-27)24(29)23-9-5-8-18-14-19(25)10-11-22(18)30-23/h2-4,6-7,10-11,14,20-21,23,28H,5,8-9,12-13,15-16H2,1H3/t20?,21-,23-/m1/s1. The van der Waals surface area contributed by atoms with E-state index in [0.717, 1.165) is 42.7 Å². The van der Waals surface area contributed by atoms with Crippen LogP contribution in [-0.2, 0) is 11.2 Å². The molecule has 1 unspecified atom stereocenters. The van der Waals surface area contributed by atoms with E-state index in [1.165, 1.54) is 0 Å². The maximum Gasteiger partial charge on any atom is 0.263 e. The molecular formula is C24H29ClN2O3. The van der Waals surface area contributed by atoms with Crippen molar-refractivity contribution < 1.29 is 14.6 Å². The number of likely N-dealkylation sites (tertiary alicyclic amines) is 1. The maximum absolute atomic E-state index is 13.5. The second-order valence-electron chi connectivity index (χ2n) is 8.33. The van der Waals surface area contributed by atoms with Crippen molar-refractivity contribution in [3.63, 3.8) is 0 Å². The maximum atomic E-state index is 13.5. The molecule has 2 aromatic rings. The molecule has 2 aliphatic heterocycles. The monoisotopic (exact) mass is 428 g/mol. The number of hydrogen-bond acceptors (Lipinski definition) is 4. The Morgan fingerprint density at radius 2 is 2.07 bits per heavy atom. The summed E-state index contributed by atoms with van der Waals surface area (Å²) in [5.41, 5.74) is 2.15. The highest BCUT2D eigenvalue weighted by atomic mass is 35.5. The fourth-order valence-electron chi connectivity index (χ4n) is 4.45. The molecule has 0 radical (unpaired) electrons. The van der Waals surface area contributed by atoms with Crippen molar-refractivity contribution in [2.75, 3.05) is 26.7 Å². The van der Waals surface area contributed by atoms with E-state index in [1.807, 2.05) is 48.3 Å². The molecule has 1 N–H and O–H groups in total. The molecule has 0 bridgehead atoms. The molecule has 4 rings (SSSR count). The molecule has 1 amide bonds. The largest absolute Gasteiger partial charge is 0.480 e. The van der Waals surface area contributed by atoms with Crippen LogP contribution in [0.4, 0.5) is 0 Å². The SMILES string of the molecule is CN(C(=O)[C@H]1CCCc2cc(Cl)ccc2O1)[C@H](CN1CCC(O)C1)c1ccccc1. The van der Waals surface area contributed by atoms with E-state index >= 15 is 0 Å². The van der Waals surface area contributed by atoms with Gasteiger partial charge in [0.1, 0.15) is 5.75 Å². The molecule has 0 spiro atoms. The van der Waals surface area contributed by atoms with Crippen molar-refractivity contribution in [2.24, 2.45) is 0 Å². The van der Waals surface area contributed by atoms with Gasteiger partial charge in [-0.2, -0.15) is 0 Å². The van der Waals surface area contributed by atoms with Crippen LogP contribution in [0.15, 0.2) is 48.5 Å². The molecule has 1 saturated heterocycles. The smallest absolute Gasteiger partial charge is 0.263 e. The lowest BCUT2D eigenvalue weighted by molar-refractivity contribution is -0.140. The highest BCUT2D eigenvalue weighted by Crippen LogP contribution is 2.31. The number of aliphatic hydroxyl groups is 1. The van der Waals surface area contributed by atoms with Crippen LogP contribution < -0.4 is 4.74 Å². The number of fused-ring (bicyclic) bond motifs is 1. The quantitative estimate of drug-likeness (QED) is 0.789. The summed E-state index contributed by atoms with van der Waals surface area (Å²) >= 11 is 6.13. The summed E-state index contributed by atoms with van der Waals surface area (Å²) in [5, 5.41) is 10.6. The van der Waals surface area contributed by atoms with Crippen LogP contribution in [-0.4, -0.2) is 59.7 Å². The summed E-state index contributed by atoms with van der Waals surface area (Å²) in [6.45, 7) is 2.20. The summed E-state index contributed by atoms with van der Waals surface area (Å²) in [7, 11) is 1.86. The van der Waals surface area contributed by atoms with Gasteiger partial charge in [-0.1, -0.05) is 41.9 Å². The number of amides is 1. The predicted molar refractivity (Wildman–Crippen MR) is 118 cm³/mol. The van der Waals surface area contributed by atoms with Crippen molar-refractivity contribution in [1.29, 1.82) is 0 Å². The molecule has 2 heterocycles. The van der Waals surface area contributed by atoms with Gasteiger partial charge >= 0.3 is 0 Å². The molecule has 2 aromatic carbocycles. The lowest BCUT2D eigenvalue weighted by Gasteiger charge is -2.34. The fourth-order valence-corrected chi connectivity index (χ4v) is 4.65. The zero-order chi connectivity index (χ0) is 21.1. The van der Waals surface area contributed by atoms with E-state index in [1.54, 1.807) is 0 Å². The summed E-state index contributed by atoms with van der Waals surface area (Å²) in [4.78, 5) is 17.5. The lowest BCUT2D eigenvalue weighted by Crippen LogP contribution is -2.45. The van der Waals surface area contributed by atoms with Gasteiger partial charge in [-0.05, 0) is 55.0 Å². The number of ether oxygens (including phenoxy) is 1. The molecule has 0 saturated carbocycles. The highest BCUT2D eigenvalue weighted by molar-refractivity contribution is 6.30. The van der Waals surface area contributed by atoms with E-state index in [9.17, 15) is 9.90 Å². The van der Waals surface area contributed by atoms with Crippen molar-refractivity contribution in [3.05, 3.63) is 64.7 Å². The summed E-state index contributed by atoms with van der Waals surface area (Å²) in [6, 6.07) is 15.6.